The van der Waals surface area contributed by atoms with E-state index in [1.807, 2.05) is 26.8 Å². The molecule has 0 spiro atoms. The van der Waals surface area contributed by atoms with E-state index in [4.69, 9.17) is 0 Å². The van der Waals surface area contributed by atoms with Crippen LogP contribution in [-0.2, 0) is 4.79 Å². The molecule has 3 N–H and O–H groups in total. The van der Waals surface area contributed by atoms with Crippen molar-refractivity contribution in [2.24, 2.45) is 0 Å². The van der Waals surface area contributed by atoms with Gasteiger partial charge in [0.1, 0.15) is 6.04 Å². The van der Waals surface area contributed by atoms with E-state index in [0.717, 1.165) is 32.5 Å². The van der Waals surface area contributed by atoms with Gasteiger partial charge in [0.2, 0.25) is 5.91 Å². The molecule has 1 aliphatic heterocycles. The highest BCUT2D eigenvalue weighted by atomic mass is 16.2. The van der Waals surface area contributed by atoms with Gasteiger partial charge < -0.3 is 16.0 Å². The number of likely N-dealkylation sites (tertiary alicyclic amines) is 1. The number of rotatable bonds is 5. The standard InChI is InChI=1S/C16H30N4O2/c1-6-9-20-10-7-13(8-11-20)18-15(22)17-12(2)14(21)19-16(3,4)5/h6,12-13H,1,7-11H2,2-5H3,(H,19,21)(H2,17,18,22)/t12-/m1/s1. The first-order chi connectivity index (χ1) is 10.2. The first-order valence-corrected chi connectivity index (χ1v) is 7.93. The molecule has 0 aromatic heterocycles. The monoisotopic (exact) mass is 310 g/mol. The predicted molar refractivity (Wildman–Crippen MR) is 88.7 cm³/mol. The maximum Gasteiger partial charge on any atom is 0.315 e. The summed E-state index contributed by atoms with van der Waals surface area (Å²) in [5.41, 5.74) is -0.304. The fourth-order valence-corrected chi connectivity index (χ4v) is 2.41. The van der Waals surface area contributed by atoms with Crippen LogP contribution in [0.15, 0.2) is 12.7 Å². The number of hydrogen-bond donors (Lipinski definition) is 3. The summed E-state index contributed by atoms with van der Waals surface area (Å²) in [6.07, 6.45) is 3.74. The van der Waals surface area contributed by atoms with Gasteiger partial charge >= 0.3 is 6.03 Å². The molecule has 126 valence electrons. The molecular weight excluding hydrogens is 280 g/mol. The molecule has 6 nitrogen and oxygen atoms in total. The maximum atomic E-state index is 12.0. The molecule has 1 saturated heterocycles. The molecule has 0 aromatic rings. The summed E-state index contributed by atoms with van der Waals surface area (Å²) in [5, 5.41) is 8.49. The Kier molecular flexibility index (Phi) is 6.87. The van der Waals surface area contributed by atoms with Crippen LogP contribution in [0.25, 0.3) is 0 Å². The number of amides is 3. The highest BCUT2D eigenvalue weighted by molar-refractivity contribution is 5.87. The summed E-state index contributed by atoms with van der Waals surface area (Å²) in [5.74, 6) is -0.177. The molecule has 0 saturated carbocycles. The molecule has 0 bridgehead atoms. The third kappa shape index (κ3) is 6.93. The Morgan fingerprint density at radius 2 is 1.91 bits per heavy atom. The van der Waals surface area contributed by atoms with Crippen molar-refractivity contribution in [3.05, 3.63) is 12.7 Å². The van der Waals surface area contributed by atoms with Gasteiger partial charge in [-0.15, -0.1) is 6.58 Å². The van der Waals surface area contributed by atoms with Crippen LogP contribution in [-0.4, -0.2) is 54.1 Å². The van der Waals surface area contributed by atoms with E-state index in [2.05, 4.69) is 27.4 Å². The molecule has 0 aliphatic carbocycles. The van der Waals surface area contributed by atoms with E-state index < -0.39 is 6.04 Å². The lowest BCUT2D eigenvalue weighted by Crippen LogP contribution is -2.54. The Bertz CT molecular complexity index is 395. The van der Waals surface area contributed by atoms with Crippen molar-refractivity contribution in [3.8, 4) is 0 Å². The van der Waals surface area contributed by atoms with Crippen LogP contribution >= 0.6 is 0 Å². The lowest BCUT2D eigenvalue weighted by molar-refractivity contribution is -0.123. The van der Waals surface area contributed by atoms with Gasteiger partial charge in [-0.2, -0.15) is 0 Å². The van der Waals surface area contributed by atoms with Gasteiger partial charge in [0.15, 0.2) is 0 Å². The number of piperidine rings is 1. The molecule has 0 unspecified atom stereocenters. The number of urea groups is 1. The van der Waals surface area contributed by atoms with E-state index in [1.165, 1.54) is 0 Å². The zero-order valence-electron chi connectivity index (χ0n) is 14.2. The SMILES string of the molecule is C=CCN1CCC(NC(=O)N[C@H](C)C(=O)NC(C)(C)C)CC1. The van der Waals surface area contributed by atoms with Crippen LogP contribution in [0, 0.1) is 0 Å². The molecule has 1 atom stereocenters. The number of carbonyl (C=O) groups is 2. The van der Waals surface area contributed by atoms with Gasteiger partial charge in [-0.25, -0.2) is 4.79 Å². The van der Waals surface area contributed by atoms with Crippen molar-refractivity contribution in [2.75, 3.05) is 19.6 Å². The second kappa shape index (κ2) is 8.17. The molecular formula is C16H30N4O2. The zero-order valence-corrected chi connectivity index (χ0v) is 14.2. The largest absolute Gasteiger partial charge is 0.350 e. The third-order valence-corrected chi connectivity index (χ3v) is 3.55. The Hall–Kier alpha value is -1.56. The van der Waals surface area contributed by atoms with Gasteiger partial charge in [0.25, 0.3) is 0 Å². The predicted octanol–water partition coefficient (Wildman–Crippen LogP) is 1.24. The molecule has 3 amide bonds. The number of nitrogens with zero attached hydrogens (tertiary/aromatic N) is 1. The summed E-state index contributed by atoms with van der Waals surface area (Å²) in [6.45, 7) is 14.0. The average molecular weight is 310 g/mol. The van der Waals surface area contributed by atoms with Gasteiger partial charge in [-0.05, 0) is 40.5 Å². The Labute approximate surface area is 133 Å². The third-order valence-electron chi connectivity index (χ3n) is 3.55. The molecule has 0 aromatic carbocycles. The lowest BCUT2D eigenvalue weighted by atomic mass is 10.1. The summed E-state index contributed by atoms with van der Waals surface area (Å²) >= 11 is 0. The van der Waals surface area contributed by atoms with Gasteiger partial charge in [-0.1, -0.05) is 6.08 Å². The van der Waals surface area contributed by atoms with Gasteiger partial charge in [0, 0.05) is 31.2 Å². The highest BCUT2D eigenvalue weighted by Gasteiger charge is 2.23. The van der Waals surface area contributed by atoms with Crippen LogP contribution < -0.4 is 16.0 Å². The van der Waals surface area contributed by atoms with Crippen molar-refractivity contribution in [1.82, 2.24) is 20.9 Å². The van der Waals surface area contributed by atoms with Gasteiger partial charge in [0.05, 0.1) is 0 Å². The Morgan fingerprint density at radius 1 is 1.32 bits per heavy atom. The molecule has 22 heavy (non-hydrogen) atoms. The summed E-state index contributed by atoms with van der Waals surface area (Å²) < 4.78 is 0. The number of nitrogens with one attached hydrogen (secondary N) is 3. The zero-order chi connectivity index (χ0) is 16.8. The molecule has 1 heterocycles. The second-order valence-corrected chi connectivity index (χ2v) is 6.94. The summed E-state index contributed by atoms with van der Waals surface area (Å²) in [6, 6.07) is -0.669. The van der Waals surface area contributed by atoms with Crippen LogP contribution in [0.2, 0.25) is 0 Å². The lowest BCUT2D eigenvalue weighted by Gasteiger charge is -2.31. The Balaban J connectivity index is 2.31. The quantitative estimate of drug-likeness (QED) is 0.669. The van der Waals surface area contributed by atoms with Crippen LogP contribution in [0.1, 0.15) is 40.5 Å². The first kappa shape index (κ1) is 18.5. The smallest absolute Gasteiger partial charge is 0.315 e. The fourth-order valence-electron chi connectivity index (χ4n) is 2.41. The minimum absolute atomic E-state index is 0.166. The maximum absolute atomic E-state index is 12.0. The normalized spacial score (nSPS) is 18.4. The van der Waals surface area contributed by atoms with E-state index in [9.17, 15) is 9.59 Å². The fraction of sp³-hybridized carbons (Fsp3) is 0.750. The molecule has 6 heteroatoms. The summed E-state index contributed by atoms with van der Waals surface area (Å²) in [7, 11) is 0. The molecule has 0 radical (unpaired) electrons. The number of carbonyl (C=O) groups excluding carboxylic acids is 2. The van der Waals surface area contributed by atoms with Crippen LogP contribution in [0.5, 0.6) is 0 Å². The average Bonchev–Trinajstić information content (AvgIpc) is 2.39. The highest BCUT2D eigenvalue weighted by Crippen LogP contribution is 2.09. The Morgan fingerprint density at radius 3 is 2.41 bits per heavy atom. The van der Waals surface area contributed by atoms with Gasteiger partial charge in [-0.3, -0.25) is 9.69 Å². The topological polar surface area (TPSA) is 73.5 Å². The van der Waals surface area contributed by atoms with Crippen LogP contribution in [0.3, 0.4) is 0 Å². The minimum Gasteiger partial charge on any atom is -0.350 e. The minimum atomic E-state index is -0.555. The van der Waals surface area contributed by atoms with Crippen LogP contribution in [0.4, 0.5) is 4.79 Å². The van der Waals surface area contributed by atoms with E-state index >= 15 is 0 Å². The molecule has 1 rings (SSSR count). The van der Waals surface area contributed by atoms with Crippen molar-refractivity contribution in [1.29, 1.82) is 0 Å². The van der Waals surface area contributed by atoms with E-state index in [1.54, 1.807) is 6.92 Å². The number of hydrogen-bond acceptors (Lipinski definition) is 3. The second-order valence-electron chi connectivity index (χ2n) is 6.94. The van der Waals surface area contributed by atoms with Crippen molar-refractivity contribution in [3.63, 3.8) is 0 Å². The molecule has 1 fully saturated rings. The van der Waals surface area contributed by atoms with Crippen molar-refractivity contribution >= 4 is 11.9 Å². The van der Waals surface area contributed by atoms with E-state index in [0.29, 0.717) is 0 Å². The van der Waals surface area contributed by atoms with Crippen molar-refractivity contribution < 1.29 is 9.59 Å². The first-order valence-electron chi connectivity index (χ1n) is 7.93. The van der Waals surface area contributed by atoms with E-state index in [-0.39, 0.29) is 23.5 Å². The molecule has 1 aliphatic rings. The van der Waals surface area contributed by atoms with Crippen molar-refractivity contribution in [2.45, 2.75) is 58.2 Å². The summed E-state index contributed by atoms with van der Waals surface area (Å²) in [4.78, 5) is 26.2.